The SMILES string of the molecule is Cc1cn[c]nc1C(C)O. The summed E-state index contributed by atoms with van der Waals surface area (Å²) in [6.45, 7) is 3.53. The van der Waals surface area contributed by atoms with Crippen molar-refractivity contribution in [3.05, 3.63) is 23.8 Å². The monoisotopic (exact) mass is 137 g/mol. The van der Waals surface area contributed by atoms with Crippen molar-refractivity contribution in [3.8, 4) is 0 Å². The maximum absolute atomic E-state index is 9.09. The molecule has 0 saturated carbocycles. The van der Waals surface area contributed by atoms with Gasteiger partial charge in [-0.25, -0.2) is 9.97 Å². The Labute approximate surface area is 59.8 Å². The van der Waals surface area contributed by atoms with Gasteiger partial charge < -0.3 is 5.11 Å². The third-order valence-corrected chi connectivity index (χ3v) is 1.29. The minimum absolute atomic E-state index is 0.528. The van der Waals surface area contributed by atoms with Gasteiger partial charge in [0.15, 0.2) is 6.33 Å². The number of aliphatic hydroxyl groups excluding tert-OH is 1. The number of aryl methyl sites for hydroxylation is 1. The van der Waals surface area contributed by atoms with Crippen LogP contribution in [0, 0.1) is 13.3 Å². The molecule has 1 aromatic rings. The summed E-state index contributed by atoms with van der Waals surface area (Å²) >= 11 is 0. The molecule has 0 spiro atoms. The van der Waals surface area contributed by atoms with Gasteiger partial charge in [0, 0.05) is 6.20 Å². The first kappa shape index (κ1) is 7.15. The van der Waals surface area contributed by atoms with E-state index in [1.807, 2.05) is 6.92 Å². The molecule has 0 aliphatic heterocycles. The molecule has 0 fully saturated rings. The predicted octanol–water partition coefficient (Wildman–Crippen LogP) is 0.639. The molecule has 3 nitrogen and oxygen atoms in total. The first-order valence-electron chi connectivity index (χ1n) is 3.09. The van der Waals surface area contributed by atoms with Gasteiger partial charge in [0.25, 0.3) is 0 Å². The van der Waals surface area contributed by atoms with Crippen LogP contribution in [-0.4, -0.2) is 15.1 Å². The molecule has 1 heterocycles. The average molecular weight is 137 g/mol. The van der Waals surface area contributed by atoms with Gasteiger partial charge >= 0.3 is 0 Å². The van der Waals surface area contributed by atoms with E-state index < -0.39 is 6.10 Å². The van der Waals surface area contributed by atoms with Crippen molar-refractivity contribution < 1.29 is 5.11 Å². The number of nitrogens with zero attached hydrogens (tertiary/aromatic N) is 2. The molecule has 0 bridgehead atoms. The smallest absolute Gasteiger partial charge is 0.198 e. The summed E-state index contributed by atoms with van der Waals surface area (Å²) in [6, 6.07) is 0. The topological polar surface area (TPSA) is 46.0 Å². The lowest BCUT2D eigenvalue weighted by atomic mass is 10.2. The Hall–Kier alpha value is -0.960. The minimum atomic E-state index is -0.528. The first-order valence-corrected chi connectivity index (χ1v) is 3.09. The highest BCUT2D eigenvalue weighted by Crippen LogP contribution is 2.10. The lowest BCUT2D eigenvalue weighted by Gasteiger charge is -2.03. The fourth-order valence-corrected chi connectivity index (χ4v) is 0.786. The maximum Gasteiger partial charge on any atom is 0.198 e. The van der Waals surface area contributed by atoms with Crippen LogP contribution in [-0.2, 0) is 0 Å². The average Bonchev–Trinajstić information content (AvgIpc) is 1.88. The summed E-state index contributed by atoms with van der Waals surface area (Å²) in [5.41, 5.74) is 1.55. The zero-order valence-electron chi connectivity index (χ0n) is 6.00. The second-order valence-corrected chi connectivity index (χ2v) is 2.21. The van der Waals surface area contributed by atoms with Gasteiger partial charge in [-0.2, -0.15) is 0 Å². The van der Waals surface area contributed by atoms with Crippen LogP contribution in [0.5, 0.6) is 0 Å². The molecule has 1 N–H and O–H groups in total. The lowest BCUT2D eigenvalue weighted by molar-refractivity contribution is 0.193. The maximum atomic E-state index is 9.09. The molecule has 0 aliphatic rings. The van der Waals surface area contributed by atoms with E-state index in [9.17, 15) is 0 Å². The molecule has 0 aromatic carbocycles. The van der Waals surface area contributed by atoms with Crippen LogP contribution in [0.2, 0.25) is 0 Å². The largest absolute Gasteiger partial charge is 0.387 e. The van der Waals surface area contributed by atoms with Crippen molar-refractivity contribution in [1.82, 2.24) is 9.97 Å². The molecular weight excluding hydrogens is 128 g/mol. The first-order chi connectivity index (χ1) is 4.72. The molecule has 1 aromatic heterocycles. The Balaban J connectivity index is 3.03. The summed E-state index contributed by atoms with van der Waals surface area (Å²) in [7, 11) is 0. The highest BCUT2D eigenvalue weighted by molar-refractivity contribution is 5.14. The molecule has 0 amide bonds. The van der Waals surface area contributed by atoms with E-state index >= 15 is 0 Å². The third kappa shape index (κ3) is 1.30. The van der Waals surface area contributed by atoms with Crippen molar-refractivity contribution in [3.63, 3.8) is 0 Å². The van der Waals surface area contributed by atoms with Crippen molar-refractivity contribution in [2.45, 2.75) is 20.0 Å². The quantitative estimate of drug-likeness (QED) is 0.617. The zero-order valence-corrected chi connectivity index (χ0v) is 6.00. The van der Waals surface area contributed by atoms with Crippen LogP contribution in [0.25, 0.3) is 0 Å². The summed E-state index contributed by atoms with van der Waals surface area (Å²) in [5, 5.41) is 9.09. The Morgan fingerprint density at radius 1 is 1.70 bits per heavy atom. The molecule has 0 saturated heterocycles. The number of rotatable bonds is 1. The summed E-state index contributed by atoms with van der Waals surface area (Å²) in [4.78, 5) is 7.47. The molecular formula is C7H9N2O. The predicted molar refractivity (Wildman–Crippen MR) is 36.2 cm³/mol. The highest BCUT2D eigenvalue weighted by Gasteiger charge is 2.04. The normalized spacial score (nSPS) is 13.1. The van der Waals surface area contributed by atoms with E-state index in [1.165, 1.54) is 0 Å². The number of aliphatic hydroxyl groups is 1. The van der Waals surface area contributed by atoms with Crippen LogP contribution >= 0.6 is 0 Å². The van der Waals surface area contributed by atoms with Gasteiger partial charge in [-0.3, -0.25) is 0 Å². The van der Waals surface area contributed by atoms with E-state index in [4.69, 9.17) is 5.11 Å². The van der Waals surface area contributed by atoms with Crippen LogP contribution in [0.15, 0.2) is 6.20 Å². The number of aromatic nitrogens is 2. The molecule has 1 atom stereocenters. The summed E-state index contributed by atoms with van der Waals surface area (Å²) in [5.74, 6) is 0. The second-order valence-electron chi connectivity index (χ2n) is 2.21. The second kappa shape index (κ2) is 2.75. The van der Waals surface area contributed by atoms with Crippen LogP contribution in [0.1, 0.15) is 24.3 Å². The highest BCUT2D eigenvalue weighted by atomic mass is 16.3. The van der Waals surface area contributed by atoms with Gasteiger partial charge in [0.1, 0.15) is 0 Å². The minimum Gasteiger partial charge on any atom is -0.387 e. The van der Waals surface area contributed by atoms with Crippen molar-refractivity contribution in [2.75, 3.05) is 0 Å². The fraction of sp³-hybridized carbons (Fsp3) is 0.429. The van der Waals surface area contributed by atoms with Gasteiger partial charge in [0.2, 0.25) is 0 Å². The van der Waals surface area contributed by atoms with E-state index in [0.717, 1.165) is 5.56 Å². The van der Waals surface area contributed by atoms with Crippen LogP contribution < -0.4 is 0 Å². The Morgan fingerprint density at radius 2 is 2.40 bits per heavy atom. The summed E-state index contributed by atoms with van der Waals surface area (Å²) in [6.07, 6.45) is 3.53. The van der Waals surface area contributed by atoms with E-state index in [0.29, 0.717) is 5.69 Å². The molecule has 10 heavy (non-hydrogen) atoms. The lowest BCUT2D eigenvalue weighted by Crippen LogP contribution is -1.99. The van der Waals surface area contributed by atoms with E-state index in [2.05, 4.69) is 16.3 Å². The molecule has 1 rings (SSSR count). The Kier molecular flexibility index (Phi) is 1.97. The van der Waals surface area contributed by atoms with E-state index in [-0.39, 0.29) is 0 Å². The number of hydrogen-bond acceptors (Lipinski definition) is 3. The van der Waals surface area contributed by atoms with Crippen molar-refractivity contribution >= 4 is 0 Å². The van der Waals surface area contributed by atoms with E-state index in [1.54, 1.807) is 13.1 Å². The Morgan fingerprint density at radius 3 is 2.80 bits per heavy atom. The Bertz CT molecular complexity index is 223. The fourth-order valence-electron chi connectivity index (χ4n) is 0.786. The van der Waals surface area contributed by atoms with Gasteiger partial charge in [-0.15, -0.1) is 0 Å². The van der Waals surface area contributed by atoms with Gasteiger partial charge in [-0.05, 0) is 19.4 Å². The standard InChI is InChI=1S/C7H9N2O/c1-5-3-8-4-9-7(5)6(2)10/h3,6,10H,1-2H3. The molecule has 53 valence electrons. The van der Waals surface area contributed by atoms with Crippen molar-refractivity contribution in [1.29, 1.82) is 0 Å². The van der Waals surface area contributed by atoms with Crippen molar-refractivity contribution in [2.24, 2.45) is 0 Å². The third-order valence-electron chi connectivity index (χ3n) is 1.29. The molecule has 3 heteroatoms. The van der Waals surface area contributed by atoms with Gasteiger partial charge in [0.05, 0.1) is 11.8 Å². The summed E-state index contributed by atoms with van der Waals surface area (Å²) < 4.78 is 0. The van der Waals surface area contributed by atoms with Gasteiger partial charge in [-0.1, -0.05) is 0 Å². The molecule has 1 unspecified atom stereocenters. The molecule has 0 aliphatic carbocycles. The van der Waals surface area contributed by atoms with Crippen LogP contribution in [0.4, 0.5) is 0 Å². The molecule has 1 radical (unpaired) electrons. The zero-order chi connectivity index (χ0) is 7.56. The van der Waals surface area contributed by atoms with Crippen LogP contribution in [0.3, 0.4) is 0 Å². The number of hydrogen-bond donors (Lipinski definition) is 1.